The molecule has 0 unspecified atom stereocenters. The average Bonchev–Trinajstić information content (AvgIpc) is 2.24. The molecule has 0 aliphatic heterocycles. The Morgan fingerprint density at radius 3 is 2.60 bits per heavy atom. The van der Waals surface area contributed by atoms with E-state index < -0.39 is 0 Å². The number of hydrogen-bond donors (Lipinski definition) is 1. The molecule has 0 saturated heterocycles. The van der Waals surface area contributed by atoms with Crippen LogP contribution in [0.5, 0.6) is 5.75 Å². The number of para-hydroxylation sites is 1. The maximum atomic E-state index is 9.66. The van der Waals surface area contributed by atoms with Gasteiger partial charge in [0.25, 0.3) is 0 Å². The Hall–Kier alpha value is -0.950. The van der Waals surface area contributed by atoms with E-state index in [1.165, 1.54) is 18.4 Å². The predicted octanol–water partition coefficient (Wildman–Crippen LogP) is 4.00. The largest absolute Gasteiger partial charge is 0.508 e. The second-order valence-electron chi connectivity index (χ2n) is 4.02. The van der Waals surface area contributed by atoms with E-state index in [9.17, 15) is 5.11 Å². The van der Waals surface area contributed by atoms with Crippen molar-refractivity contribution in [3.8, 4) is 5.75 Å². The highest BCUT2D eigenvalue weighted by molar-refractivity contribution is 6.30. The van der Waals surface area contributed by atoms with Gasteiger partial charge in [0.15, 0.2) is 0 Å². The second-order valence-corrected chi connectivity index (χ2v) is 4.48. The van der Waals surface area contributed by atoms with Gasteiger partial charge in [0.05, 0.1) is 0 Å². The van der Waals surface area contributed by atoms with Crippen LogP contribution >= 0.6 is 11.6 Å². The van der Waals surface area contributed by atoms with Gasteiger partial charge in [-0.15, -0.1) is 0 Å². The van der Waals surface area contributed by atoms with Crippen molar-refractivity contribution in [3.63, 3.8) is 0 Å². The first kappa shape index (κ1) is 10.6. The molecule has 2 heteroatoms. The standard InChI is InChI=1S/C13H15ClO/c14-12-7-3-1-5-10(12)9-11-6-2-4-8-13(11)15/h2,4,6,8,15H,1,3,5,7,9H2. The van der Waals surface area contributed by atoms with Crippen molar-refractivity contribution in [1.29, 1.82) is 0 Å². The molecule has 1 N–H and O–H groups in total. The smallest absolute Gasteiger partial charge is 0.119 e. The first-order valence-corrected chi connectivity index (χ1v) is 5.78. The number of rotatable bonds is 2. The van der Waals surface area contributed by atoms with Crippen LogP contribution < -0.4 is 0 Å². The topological polar surface area (TPSA) is 20.2 Å². The summed E-state index contributed by atoms with van der Waals surface area (Å²) in [7, 11) is 0. The minimum atomic E-state index is 0.375. The van der Waals surface area contributed by atoms with Crippen molar-refractivity contribution in [2.45, 2.75) is 32.1 Å². The van der Waals surface area contributed by atoms with Gasteiger partial charge in [0.1, 0.15) is 5.75 Å². The van der Waals surface area contributed by atoms with Crippen molar-refractivity contribution in [3.05, 3.63) is 40.4 Å². The third-order valence-electron chi connectivity index (χ3n) is 2.90. The fourth-order valence-corrected chi connectivity index (χ4v) is 2.30. The molecule has 0 aromatic heterocycles. The van der Waals surface area contributed by atoms with Gasteiger partial charge in [-0.25, -0.2) is 0 Å². The lowest BCUT2D eigenvalue weighted by atomic mass is 9.93. The minimum Gasteiger partial charge on any atom is -0.508 e. The molecule has 1 aliphatic carbocycles. The molecule has 0 radical (unpaired) electrons. The van der Waals surface area contributed by atoms with E-state index in [4.69, 9.17) is 11.6 Å². The lowest BCUT2D eigenvalue weighted by Gasteiger charge is -2.16. The Bertz CT molecular complexity index is 382. The summed E-state index contributed by atoms with van der Waals surface area (Å²) in [5, 5.41) is 10.7. The fourth-order valence-electron chi connectivity index (χ4n) is 2.01. The number of aromatic hydroxyl groups is 1. The third-order valence-corrected chi connectivity index (χ3v) is 3.36. The number of allylic oxidation sites excluding steroid dienone is 2. The highest BCUT2D eigenvalue weighted by atomic mass is 35.5. The highest BCUT2D eigenvalue weighted by Crippen LogP contribution is 2.31. The predicted molar refractivity (Wildman–Crippen MR) is 63.2 cm³/mol. The SMILES string of the molecule is Oc1ccccc1CC1=C(Cl)CCCC1. The van der Waals surface area contributed by atoms with Crippen molar-refractivity contribution < 1.29 is 5.11 Å². The lowest BCUT2D eigenvalue weighted by Crippen LogP contribution is -1.99. The zero-order valence-electron chi connectivity index (χ0n) is 8.67. The normalized spacial score (nSPS) is 16.9. The van der Waals surface area contributed by atoms with Crippen LogP contribution in [0.15, 0.2) is 34.9 Å². The molecule has 0 saturated carbocycles. The summed E-state index contributed by atoms with van der Waals surface area (Å²) in [6.45, 7) is 0. The molecule has 1 aromatic rings. The summed E-state index contributed by atoms with van der Waals surface area (Å²) in [6, 6.07) is 7.48. The molecular weight excluding hydrogens is 208 g/mol. The number of benzene rings is 1. The molecule has 80 valence electrons. The summed E-state index contributed by atoms with van der Waals surface area (Å²) >= 11 is 6.18. The molecule has 0 heterocycles. The average molecular weight is 223 g/mol. The van der Waals surface area contributed by atoms with Crippen LogP contribution in [-0.2, 0) is 6.42 Å². The van der Waals surface area contributed by atoms with Crippen LogP contribution in [0.4, 0.5) is 0 Å². The van der Waals surface area contributed by atoms with Crippen molar-refractivity contribution in [2.24, 2.45) is 0 Å². The quantitative estimate of drug-likeness (QED) is 0.802. The number of hydrogen-bond acceptors (Lipinski definition) is 1. The van der Waals surface area contributed by atoms with Gasteiger partial charge in [-0.05, 0) is 43.7 Å². The lowest BCUT2D eigenvalue weighted by molar-refractivity contribution is 0.468. The van der Waals surface area contributed by atoms with E-state index in [0.29, 0.717) is 5.75 Å². The Morgan fingerprint density at radius 2 is 1.87 bits per heavy atom. The molecule has 0 bridgehead atoms. The molecule has 2 rings (SSSR count). The van der Waals surface area contributed by atoms with E-state index in [2.05, 4.69) is 0 Å². The Labute approximate surface area is 95.4 Å². The van der Waals surface area contributed by atoms with Crippen LogP contribution in [0.3, 0.4) is 0 Å². The van der Waals surface area contributed by atoms with E-state index >= 15 is 0 Å². The third kappa shape index (κ3) is 2.54. The summed E-state index contributed by atoms with van der Waals surface area (Å²) in [4.78, 5) is 0. The maximum absolute atomic E-state index is 9.66. The molecule has 0 fully saturated rings. The first-order chi connectivity index (χ1) is 7.27. The number of phenolic OH excluding ortho intramolecular Hbond substituents is 1. The van der Waals surface area contributed by atoms with Gasteiger partial charge in [-0.1, -0.05) is 35.4 Å². The van der Waals surface area contributed by atoms with Crippen LogP contribution in [-0.4, -0.2) is 5.11 Å². The van der Waals surface area contributed by atoms with Crippen molar-refractivity contribution >= 4 is 11.6 Å². The van der Waals surface area contributed by atoms with Gasteiger partial charge in [-0.3, -0.25) is 0 Å². The zero-order chi connectivity index (χ0) is 10.7. The van der Waals surface area contributed by atoms with Crippen LogP contribution in [0.1, 0.15) is 31.2 Å². The molecule has 0 amide bonds. The molecular formula is C13H15ClO. The van der Waals surface area contributed by atoms with Crippen LogP contribution in [0.25, 0.3) is 0 Å². The first-order valence-electron chi connectivity index (χ1n) is 5.40. The molecule has 1 aromatic carbocycles. The molecule has 15 heavy (non-hydrogen) atoms. The van der Waals surface area contributed by atoms with Gasteiger partial charge in [-0.2, -0.15) is 0 Å². The van der Waals surface area contributed by atoms with E-state index in [0.717, 1.165) is 29.9 Å². The van der Waals surface area contributed by atoms with Crippen molar-refractivity contribution in [2.75, 3.05) is 0 Å². The van der Waals surface area contributed by atoms with E-state index in [1.54, 1.807) is 6.07 Å². The summed E-state index contributed by atoms with van der Waals surface area (Å²) < 4.78 is 0. The summed E-state index contributed by atoms with van der Waals surface area (Å²) in [5.41, 5.74) is 2.27. The fraction of sp³-hybridized carbons (Fsp3) is 0.385. The van der Waals surface area contributed by atoms with Gasteiger partial charge in [0.2, 0.25) is 0 Å². The Morgan fingerprint density at radius 1 is 1.13 bits per heavy atom. The number of halogens is 1. The molecule has 0 atom stereocenters. The molecule has 0 spiro atoms. The Balaban J connectivity index is 2.18. The molecule has 1 nitrogen and oxygen atoms in total. The Kier molecular flexibility index (Phi) is 3.32. The monoisotopic (exact) mass is 222 g/mol. The van der Waals surface area contributed by atoms with Gasteiger partial charge >= 0.3 is 0 Å². The summed E-state index contributed by atoms with van der Waals surface area (Å²) in [6.07, 6.45) is 5.30. The highest BCUT2D eigenvalue weighted by Gasteiger charge is 2.12. The van der Waals surface area contributed by atoms with Crippen LogP contribution in [0, 0.1) is 0 Å². The van der Waals surface area contributed by atoms with Crippen molar-refractivity contribution in [1.82, 2.24) is 0 Å². The van der Waals surface area contributed by atoms with E-state index in [-0.39, 0.29) is 0 Å². The maximum Gasteiger partial charge on any atom is 0.119 e. The minimum absolute atomic E-state index is 0.375. The second kappa shape index (κ2) is 4.71. The van der Waals surface area contributed by atoms with E-state index in [1.807, 2.05) is 18.2 Å². The zero-order valence-corrected chi connectivity index (χ0v) is 9.43. The van der Waals surface area contributed by atoms with Gasteiger partial charge in [0, 0.05) is 5.03 Å². The molecule has 1 aliphatic rings. The number of phenols is 1. The van der Waals surface area contributed by atoms with Crippen LogP contribution in [0.2, 0.25) is 0 Å². The summed E-state index contributed by atoms with van der Waals surface area (Å²) in [5.74, 6) is 0.375. The van der Waals surface area contributed by atoms with Gasteiger partial charge < -0.3 is 5.11 Å².